The number of carbonyl (C=O) groups excluding carboxylic acids is 1. The summed E-state index contributed by atoms with van der Waals surface area (Å²) in [5, 5.41) is 0.782. The normalized spacial score (nSPS) is 16.4. The summed E-state index contributed by atoms with van der Waals surface area (Å²) in [6.45, 7) is 6.29. The number of esters is 1. The second kappa shape index (κ2) is 7.51. The van der Waals surface area contributed by atoms with E-state index in [0.29, 0.717) is 18.0 Å². The molecule has 1 aliphatic rings. The van der Waals surface area contributed by atoms with E-state index in [1.54, 1.807) is 34.4 Å². The number of fused-ring (bicyclic) bond motifs is 3. The molecule has 3 aromatic rings. The molecule has 2 heterocycles. The van der Waals surface area contributed by atoms with Crippen LogP contribution in [0.25, 0.3) is 10.2 Å². The van der Waals surface area contributed by atoms with Crippen LogP contribution in [-0.4, -0.2) is 21.6 Å². The zero-order valence-corrected chi connectivity index (χ0v) is 17.2. The number of hydrogen-bond acceptors (Lipinski definition) is 5. The summed E-state index contributed by atoms with van der Waals surface area (Å²) < 4.78 is 6.90. The Bertz CT molecular complexity index is 1100. The molecule has 0 unspecified atom stereocenters. The smallest absolute Gasteiger partial charge is 0.338 e. The number of hydrogen-bond donors (Lipinski definition) is 0. The van der Waals surface area contributed by atoms with Gasteiger partial charge >= 0.3 is 5.97 Å². The number of aromatic nitrogens is 2. The summed E-state index contributed by atoms with van der Waals surface area (Å²) in [4.78, 5) is 32.0. The highest BCUT2D eigenvalue weighted by Gasteiger charge is 2.23. The standard InChI is InChI=1S/C22H24N2O3S/c1-13(2)27-22(26)16-6-4-5-15(10-16)11-24-12-23-20-19(21(24)25)17-8-7-14(3)9-18(17)28-20/h4-6,10,12-14H,7-9,11H2,1-3H3/t14-/m1/s1. The maximum atomic E-state index is 13.1. The first-order chi connectivity index (χ1) is 13.4. The lowest BCUT2D eigenvalue weighted by molar-refractivity contribution is 0.0378. The van der Waals surface area contributed by atoms with Gasteiger partial charge < -0.3 is 4.74 Å². The maximum absolute atomic E-state index is 13.1. The second-order valence-electron chi connectivity index (χ2n) is 7.86. The third-order valence-electron chi connectivity index (χ3n) is 5.14. The van der Waals surface area contributed by atoms with Crippen molar-refractivity contribution in [3.05, 3.63) is 62.5 Å². The van der Waals surface area contributed by atoms with Crippen molar-refractivity contribution in [3.8, 4) is 0 Å². The van der Waals surface area contributed by atoms with Gasteiger partial charge in [-0.3, -0.25) is 9.36 Å². The van der Waals surface area contributed by atoms with Crippen LogP contribution >= 0.6 is 11.3 Å². The van der Waals surface area contributed by atoms with Gasteiger partial charge in [-0.15, -0.1) is 11.3 Å². The predicted octanol–water partition coefficient (Wildman–Crippen LogP) is 4.20. The van der Waals surface area contributed by atoms with Crippen LogP contribution < -0.4 is 5.56 Å². The first-order valence-electron chi connectivity index (χ1n) is 9.72. The summed E-state index contributed by atoms with van der Waals surface area (Å²) >= 11 is 1.66. The van der Waals surface area contributed by atoms with E-state index in [0.717, 1.165) is 35.0 Å². The molecule has 0 saturated heterocycles. The highest BCUT2D eigenvalue weighted by molar-refractivity contribution is 7.18. The Labute approximate surface area is 168 Å². The van der Waals surface area contributed by atoms with Crippen LogP contribution in [0.2, 0.25) is 0 Å². The minimum absolute atomic E-state index is 0.00668. The van der Waals surface area contributed by atoms with Crippen molar-refractivity contribution in [2.24, 2.45) is 5.92 Å². The molecule has 1 aliphatic carbocycles. The summed E-state index contributed by atoms with van der Waals surface area (Å²) in [7, 11) is 0. The molecule has 0 bridgehead atoms. The molecule has 5 nitrogen and oxygen atoms in total. The van der Waals surface area contributed by atoms with Crippen molar-refractivity contribution in [3.63, 3.8) is 0 Å². The molecule has 0 aliphatic heterocycles. The molecule has 0 spiro atoms. The molecular formula is C22H24N2O3S. The third kappa shape index (κ3) is 3.61. The Morgan fingerprint density at radius 2 is 2.21 bits per heavy atom. The molecule has 4 rings (SSSR count). The zero-order chi connectivity index (χ0) is 19.8. The molecular weight excluding hydrogens is 372 g/mol. The number of rotatable bonds is 4. The molecule has 6 heteroatoms. The number of nitrogens with zero attached hydrogens (tertiary/aromatic N) is 2. The molecule has 0 radical (unpaired) electrons. The summed E-state index contributed by atoms with van der Waals surface area (Å²) in [6, 6.07) is 7.24. The van der Waals surface area contributed by atoms with Gasteiger partial charge in [0.2, 0.25) is 0 Å². The Morgan fingerprint density at radius 3 is 3.00 bits per heavy atom. The van der Waals surface area contributed by atoms with Crippen LogP contribution in [0.1, 0.15) is 53.6 Å². The quantitative estimate of drug-likeness (QED) is 0.620. The fourth-order valence-corrected chi connectivity index (χ4v) is 5.10. The van der Waals surface area contributed by atoms with Crippen molar-refractivity contribution >= 4 is 27.5 Å². The van der Waals surface area contributed by atoms with Crippen molar-refractivity contribution < 1.29 is 9.53 Å². The van der Waals surface area contributed by atoms with E-state index < -0.39 is 0 Å². The van der Waals surface area contributed by atoms with E-state index in [-0.39, 0.29) is 17.6 Å². The fourth-order valence-electron chi connectivity index (χ4n) is 3.75. The molecule has 28 heavy (non-hydrogen) atoms. The Kier molecular flexibility index (Phi) is 5.06. The molecule has 0 N–H and O–H groups in total. The van der Waals surface area contributed by atoms with E-state index in [9.17, 15) is 9.59 Å². The lowest BCUT2D eigenvalue weighted by Crippen LogP contribution is -2.22. The van der Waals surface area contributed by atoms with Gasteiger partial charge in [0.15, 0.2) is 0 Å². The topological polar surface area (TPSA) is 61.2 Å². The van der Waals surface area contributed by atoms with E-state index in [1.165, 1.54) is 10.4 Å². The minimum Gasteiger partial charge on any atom is -0.459 e. The lowest BCUT2D eigenvalue weighted by atomic mass is 9.89. The monoisotopic (exact) mass is 396 g/mol. The molecule has 146 valence electrons. The van der Waals surface area contributed by atoms with Crippen molar-refractivity contribution in [2.75, 3.05) is 0 Å². The Hall–Kier alpha value is -2.47. The van der Waals surface area contributed by atoms with Crippen LogP contribution in [-0.2, 0) is 24.1 Å². The molecule has 0 saturated carbocycles. The van der Waals surface area contributed by atoms with Crippen LogP contribution in [0.3, 0.4) is 0 Å². The average Bonchev–Trinajstić information content (AvgIpc) is 3.02. The molecule has 2 aromatic heterocycles. The SMILES string of the molecule is CC(C)OC(=O)c1cccc(Cn2cnc3sc4c(c3c2=O)CC[C@@H](C)C4)c1. The highest BCUT2D eigenvalue weighted by Crippen LogP contribution is 2.35. The van der Waals surface area contributed by atoms with Gasteiger partial charge in [-0.05, 0) is 62.3 Å². The van der Waals surface area contributed by atoms with Gasteiger partial charge in [-0.2, -0.15) is 0 Å². The van der Waals surface area contributed by atoms with Crippen LogP contribution in [0.15, 0.2) is 35.4 Å². The van der Waals surface area contributed by atoms with Gasteiger partial charge in [-0.25, -0.2) is 9.78 Å². The Morgan fingerprint density at radius 1 is 1.39 bits per heavy atom. The van der Waals surface area contributed by atoms with Gasteiger partial charge in [-0.1, -0.05) is 19.1 Å². The van der Waals surface area contributed by atoms with Crippen LogP contribution in [0.4, 0.5) is 0 Å². The number of aryl methyl sites for hydroxylation is 1. The van der Waals surface area contributed by atoms with Gasteiger partial charge in [0.05, 0.1) is 29.9 Å². The average molecular weight is 397 g/mol. The molecule has 0 amide bonds. The van der Waals surface area contributed by atoms with Crippen molar-refractivity contribution in [1.29, 1.82) is 0 Å². The number of ether oxygens (including phenoxy) is 1. The first kappa shape index (κ1) is 18.9. The third-order valence-corrected chi connectivity index (χ3v) is 6.30. The van der Waals surface area contributed by atoms with Gasteiger partial charge in [0.25, 0.3) is 5.56 Å². The van der Waals surface area contributed by atoms with Crippen molar-refractivity contribution in [1.82, 2.24) is 9.55 Å². The van der Waals surface area contributed by atoms with E-state index in [2.05, 4.69) is 11.9 Å². The summed E-state index contributed by atoms with van der Waals surface area (Å²) in [5.74, 6) is 0.315. The van der Waals surface area contributed by atoms with E-state index in [4.69, 9.17) is 4.74 Å². The zero-order valence-electron chi connectivity index (χ0n) is 16.4. The molecule has 0 fully saturated rings. The molecule has 1 aromatic carbocycles. The fraction of sp³-hybridized carbons (Fsp3) is 0.409. The Balaban J connectivity index is 1.67. The maximum Gasteiger partial charge on any atom is 0.338 e. The van der Waals surface area contributed by atoms with Gasteiger partial charge in [0, 0.05) is 4.88 Å². The van der Waals surface area contributed by atoms with Gasteiger partial charge in [0.1, 0.15) is 4.83 Å². The summed E-state index contributed by atoms with van der Waals surface area (Å²) in [5.41, 5.74) is 2.57. The van der Waals surface area contributed by atoms with E-state index in [1.807, 2.05) is 26.0 Å². The summed E-state index contributed by atoms with van der Waals surface area (Å²) in [6.07, 6.45) is 4.56. The lowest BCUT2D eigenvalue weighted by Gasteiger charge is -2.17. The van der Waals surface area contributed by atoms with Crippen molar-refractivity contribution in [2.45, 2.75) is 52.7 Å². The molecule has 1 atom stereocenters. The predicted molar refractivity (Wildman–Crippen MR) is 111 cm³/mol. The highest BCUT2D eigenvalue weighted by atomic mass is 32.1. The number of thiophene rings is 1. The van der Waals surface area contributed by atoms with Crippen LogP contribution in [0, 0.1) is 5.92 Å². The first-order valence-corrected chi connectivity index (χ1v) is 10.5. The second-order valence-corrected chi connectivity index (χ2v) is 8.95. The number of carbonyl (C=O) groups is 1. The van der Waals surface area contributed by atoms with E-state index >= 15 is 0 Å². The van der Waals surface area contributed by atoms with Crippen LogP contribution in [0.5, 0.6) is 0 Å². The number of benzene rings is 1. The largest absolute Gasteiger partial charge is 0.459 e. The minimum atomic E-state index is -0.348.